The zero-order valence-electron chi connectivity index (χ0n) is 9.60. The van der Waals surface area contributed by atoms with Gasteiger partial charge >= 0.3 is 6.09 Å². The second kappa shape index (κ2) is 5.55. The molecule has 1 aliphatic rings. The predicted molar refractivity (Wildman–Crippen MR) is 75.5 cm³/mol. The van der Waals surface area contributed by atoms with Gasteiger partial charge in [0.15, 0.2) is 0 Å². The van der Waals surface area contributed by atoms with Gasteiger partial charge in [-0.15, -0.1) is 0 Å². The normalized spacial score (nSPS) is 18.7. The third kappa shape index (κ3) is 2.92. The summed E-state index contributed by atoms with van der Waals surface area (Å²) >= 11 is 2.16. The highest BCUT2D eigenvalue weighted by molar-refractivity contribution is 14.1. The van der Waals surface area contributed by atoms with Crippen LogP contribution in [0.25, 0.3) is 0 Å². The number of nitrogens with one attached hydrogen (secondary N) is 1. The van der Waals surface area contributed by atoms with E-state index in [2.05, 4.69) is 27.9 Å². The van der Waals surface area contributed by atoms with E-state index in [4.69, 9.17) is 5.11 Å². The zero-order valence-corrected chi connectivity index (χ0v) is 11.8. The van der Waals surface area contributed by atoms with Gasteiger partial charge in [-0.2, -0.15) is 0 Å². The van der Waals surface area contributed by atoms with Crippen molar-refractivity contribution in [3.8, 4) is 0 Å². The average Bonchev–Trinajstić information content (AvgIpc) is 2.77. The van der Waals surface area contributed by atoms with E-state index >= 15 is 0 Å². The third-order valence-corrected chi connectivity index (χ3v) is 3.56. The molecule has 0 aromatic heterocycles. The molecule has 2 N–H and O–H groups in total. The molecule has 0 saturated carbocycles. The molecule has 0 bridgehead atoms. The Kier molecular flexibility index (Phi) is 4.05. The fraction of sp³-hybridized carbons (Fsp3) is 0.333. The Balaban J connectivity index is 2.06. The number of carboxylic acid groups (broad SMARTS) is 1. The molecule has 2 rings (SSSR count). The standard InChI is InChI=1S/C12H13IN2O3/c13-8-3-1-4-9(7-8)14-11(16)10-5-2-6-15(10)12(17)18/h1,3-4,7,10H,2,5-6H2,(H,14,16)(H,17,18). The Morgan fingerprint density at radius 2 is 2.22 bits per heavy atom. The van der Waals surface area contributed by atoms with E-state index in [-0.39, 0.29) is 5.91 Å². The molecule has 1 atom stereocenters. The first kappa shape index (κ1) is 13.1. The Labute approximate surface area is 118 Å². The molecule has 1 saturated heterocycles. The highest BCUT2D eigenvalue weighted by Crippen LogP contribution is 2.20. The SMILES string of the molecule is O=C(Nc1cccc(I)c1)C1CCCN1C(=O)O. The van der Waals surface area contributed by atoms with Gasteiger partial charge in [-0.3, -0.25) is 9.69 Å². The van der Waals surface area contributed by atoms with Crippen LogP contribution >= 0.6 is 22.6 Å². The Bertz CT molecular complexity index is 478. The molecule has 1 heterocycles. The maximum absolute atomic E-state index is 12.0. The molecular weight excluding hydrogens is 347 g/mol. The molecular formula is C12H13IN2O3. The van der Waals surface area contributed by atoms with Gasteiger partial charge in [0.25, 0.3) is 0 Å². The van der Waals surface area contributed by atoms with Crippen molar-refractivity contribution >= 4 is 40.3 Å². The van der Waals surface area contributed by atoms with E-state index in [1.807, 2.05) is 18.2 Å². The van der Waals surface area contributed by atoms with Crippen LogP contribution in [0.4, 0.5) is 10.5 Å². The topological polar surface area (TPSA) is 69.6 Å². The molecule has 1 fully saturated rings. The van der Waals surface area contributed by atoms with E-state index < -0.39 is 12.1 Å². The van der Waals surface area contributed by atoms with Crippen molar-refractivity contribution in [2.24, 2.45) is 0 Å². The van der Waals surface area contributed by atoms with Crippen LogP contribution in [0, 0.1) is 3.57 Å². The lowest BCUT2D eigenvalue weighted by atomic mass is 10.2. The first-order chi connectivity index (χ1) is 8.58. The number of hydrogen-bond acceptors (Lipinski definition) is 2. The summed E-state index contributed by atoms with van der Waals surface area (Å²) < 4.78 is 1.02. The number of likely N-dealkylation sites (tertiary alicyclic amines) is 1. The molecule has 1 aromatic carbocycles. The third-order valence-electron chi connectivity index (χ3n) is 2.89. The highest BCUT2D eigenvalue weighted by atomic mass is 127. The van der Waals surface area contributed by atoms with Gasteiger partial charge in [0.2, 0.25) is 5.91 Å². The van der Waals surface area contributed by atoms with E-state index in [1.54, 1.807) is 6.07 Å². The fourth-order valence-corrected chi connectivity index (χ4v) is 2.60. The van der Waals surface area contributed by atoms with Crippen molar-refractivity contribution in [1.29, 1.82) is 0 Å². The molecule has 96 valence electrons. The quantitative estimate of drug-likeness (QED) is 0.796. The zero-order chi connectivity index (χ0) is 13.1. The van der Waals surface area contributed by atoms with Gasteiger partial charge in [0, 0.05) is 15.8 Å². The largest absolute Gasteiger partial charge is 0.465 e. The van der Waals surface area contributed by atoms with Crippen LogP contribution in [-0.4, -0.2) is 34.6 Å². The minimum absolute atomic E-state index is 0.253. The van der Waals surface area contributed by atoms with Crippen molar-refractivity contribution in [3.63, 3.8) is 0 Å². The number of hydrogen-bond donors (Lipinski definition) is 2. The van der Waals surface area contributed by atoms with E-state index in [0.717, 1.165) is 9.99 Å². The lowest BCUT2D eigenvalue weighted by Gasteiger charge is -2.20. The number of halogens is 1. The number of nitrogens with zero attached hydrogens (tertiary/aromatic N) is 1. The molecule has 1 unspecified atom stereocenters. The first-order valence-corrected chi connectivity index (χ1v) is 6.72. The Morgan fingerprint density at radius 1 is 1.44 bits per heavy atom. The van der Waals surface area contributed by atoms with Crippen LogP contribution in [0.3, 0.4) is 0 Å². The maximum atomic E-state index is 12.0. The van der Waals surface area contributed by atoms with Crippen molar-refractivity contribution in [1.82, 2.24) is 4.90 Å². The van der Waals surface area contributed by atoms with Gasteiger partial charge in [0.1, 0.15) is 6.04 Å². The first-order valence-electron chi connectivity index (χ1n) is 5.64. The summed E-state index contributed by atoms with van der Waals surface area (Å²) in [4.78, 5) is 24.2. The number of benzene rings is 1. The van der Waals surface area contributed by atoms with Crippen LogP contribution in [0.1, 0.15) is 12.8 Å². The molecule has 2 amide bonds. The van der Waals surface area contributed by atoms with Crippen LogP contribution < -0.4 is 5.32 Å². The Hall–Kier alpha value is -1.31. The van der Waals surface area contributed by atoms with Crippen molar-refractivity contribution in [3.05, 3.63) is 27.8 Å². The second-order valence-electron chi connectivity index (χ2n) is 4.13. The lowest BCUT2D eigenvalue weighted by molar-refractivity contribution is -0.119. The average molecular weight is 360 g/mol. The second-order valence-corrected chi connectivity index (χ2v) is 5.38. The van der Waals surface area contributed by atoms with Gasteiger partial charge in [0.05, 0.1) is 0 Å². The van der Waals surface area contributed by atoms with E-state index in [1.165, 1.54) is 4.90 Å². The summed E-state index contributed by atoms with van der Waals surface area (Å²) in [7, 11) is 0. The predicted octanol–water partition coefficient (Wildman–Crippen LogP) is 2.37. The summed E-state index contributed by atoms with van der Waals surface area (Å²) in [6, 6.07) is 6.84. The molecule has 18 heavy (non-hydrogen) atoms. The smallest absolute Gasteiger partial charge is 0.407 e. The summed E-state index contributed by atoms with van der Waals surface area (Å²) in [5, 5.41) is 11.7. The van der Waals surface area contributed by atoms with Gasteiger partial charge < -0.3 is 10.4 Å². The maximum Gasteiger partial charge on any atom is 0.407 e. The summed E-state index contributed by atoms with van der Waals surface area (Å²) in [5.41, 5.74) is 0.698. The number of amides is 2. The fourth-order valence-electron chi connectivity index (χ4n) is 2.06. The number of anilines is 1. The lowest BCUT2D eigenvalue weighted by Crippen LogP contribution is -2.42. The molecule has 0 aliphatic carbocycles. The molecule has 0 spiro atoms. The molecule has 1 aliphatic heterocycles. The minimum atomic E-state index is -1.03. The summed E-state index contributed by atoms with van der Waals surface area (Å²) in [6.45, 7) is 0.430. The minimum Gasteiger partial charge on any atom is -0.465 e. The van der Waals surface area contributed by atoms with Crippen LogP contribution in [0.2, 0.25) is 0 Å². The molecule has 1 aromatic rings. The summed E-state index contributed by atoms with van der Waals surface area (Å²) in [6.07, 6.45) is 0.286. The monoisotopic (exact) mass is 360 g/mol. The van der Waals surface area contributed by atoms with Gasteiger partial charge in [-0.1, -0.05) is 6.07 Å². The van der Waals surface area contributed by atoms with Gasteiger partial charge in [-0.05, 0) is 53.6 Å². The van der Waals surface area contributed by atoms with Gasteiger partial charge in [-0.25, -0.2) is 4.79 Å². The number of carbonyl (C=O) groups is 2. The number of rotatable bonds is 2. The van der Waals surface area contributed by atoms with E-state index in [9.17, 15) is 9.59 Å². The highest BCUT2D eigenvalue weighted by Gasteiger charge is 2.33. The van der Waals surface area contributed by atoms with Crippen molar-refractivity contribution < 1.29 is 14.7 Å². The van der Waals surface area contributed by atoms with Crippen LogP contribution in [0.15, 0.2) is 24.3 Å². The Morgan fingerprint density at radius 3 is 2.89 bits per heavy atom. The van der Waals surface area contributed by atoms with Crippen LogP contribution in [0.5, 0.6) is 0 Å². The van der Waals surface area contributed by atoms with Crippen molar-refractivity contribution in [2.45, 2.75) is 18.9 Å². The van der Waals surface area contributed by atoms with Crippen LogP contribution in [-0.2, 0) is 4.79 Å². The van der Waals surface area contributed by atoms with Crippen molar-refractivity contribution in [2.75, 3.05) is 11.9 Å². The molecule has 6 heteroatoms. The summed E-state index contributed by atoms with van der Waals surface area (Å²) in [5.74, 6) is -0.253. The molecule has 0 radical (unpaired) electrons. The number of carbonyl (C=O) groups excluding carboxylic acids is 1. The molecule has 5 nitrogen and oxygen atoms in total. The van der Waals surface area contributed by atoms with E-state index in [0.29, 0.717) is 18.7 Å².